The molecule has 0 radical (unpaired) electrons. The molecule has 1 atom stereocenters. The molecule has 4 heteroatoms. The summed E-state index contributed by atoms with van der Waals surface area (Å²) in [5.74, 6) is 0.840. The first kappa shape index (κ1) is 16.0. The van der Waals surface area contributed by atoms with Crippen LogP contribution in [0.4, 0.5) is 0 Å². The Kier molecular flexibility index (Phi) is 5.78. The van der Waals surface area contributed by atoms with Crippen molar-refractivity contribution in [2.75, 3.05) is 6.61 Å². The van der Waals surface area contributed by atoms with Gasteiger partial charge in [-0.3, -0.25) is 4.79 Å². The van der Waals surface area contributed by atoms with E-state index in [4.69, 9.17) is 16.3 Å². The Morgan fingerprint density at radius 1 is 1.19 bits per heavy atom. The molecule has 0 N–H and O–H groups in total. The van der Waals surface area contributed by atoms with Crippen LogP contribution in [0.25, 0.3) is 0 Å². The van der Waals surface area contributed by atoms with Gasteiger partial charge in [0.05, 0.1) is 11.6 Å². The van der Waals surface area contributed by atoms with E-state index in [1.165, 1.54) is 0 Å². The number of halogens is 1. The molecule has 0 aliphatic heterocycles. The van der Waals surface area contributed by atoms with Gasteiger partial charge in [0.15, 0.2) is 5.52 Å². The molecule has 0 aromatic heterocycles. The average molecular weight is 321 g/mol. The van der Waals surface area contributed by atoms with E-state index < -0.39 is 0 Å². The first-order chi connectivity index (χ1) is 10.1. The molecule has 21 heavy (non-hydrogen) atoms. The van der Waals surface area contributed by atoms with Gasteiger partial charge in [-0.05, 0) is 51.0 Å². The van der Waals surface area contributed by atoms with Crippen molar-refractivity contribution in [1.29, 1.82) is 0 Å². The monoisotopic (exact) mass is 320 g/mol. The fourth-order valence-electron chi connectivity index (χ4n) is 1.97. The van der Waals surface area contributed by atoms with Crippen molar-refractivity contribution in [1.82, 2.24) is 0 Å². The van der Waals surface area contributed by atoms with Gasteiger partial charge >= 0.3 is 0 Å². The molecule has 0 aliphatic rings. The first-order valence-corrected chi connectivity index (χ1v) is 8.29. The summed E-state index contributed by atoms with van der Waals surface area (Å²) >= 11 is 6.14. The van der Waals surface area contributed by atoms with Crippen LogP contribution >= 0.6 is 20.2 Å². The SMILES string of the molecule is CCCOc1ccc(PC(=O)c2c(C)cccc2Cl)cc1. The van der Waals surface area contributed by atoms with Crippen LogP contribution in [0.1, 0.15) is 29.3 Å². The minimum absolute atomic E-state index is 0.0683. The minimum atomic E-state index is 0.0683. The lowest BCUT2D eigenvalue weighted by Gasteiger charge is -2.08. The maximum Gasteiger partial charge on any atom is 0.187 e. The second-order valence-electron chi connectivity index (χ2n) is 4.76. The van der Waals surface area contributed by atoms with Gasteiger partial charge in [0.1, 0.15) is 5.75 Å². The zero-order valence-electron chi connectivity index (χ0n) is 12.2. The number of carbonyl (C=O) groups excluding carboxylic acids is 1. The van der Waals surface area contributed by atoms with E-state index in [-0.39, 0.29) is 14.1 Å². The molecule has 0 bridgehead atoms. The molecule has 2 rings (SSSR count). The molecule has 2 aromatic carbocycles. The van der Waals surface area contributed by atoms with Gasteiger partial charge in [0.25, 0.3) is 0 Å². The van der Waals surface area contributed by atoms with Crippen molar-refractivity contribution < 1.29 is 9.53 Å². The zero-order valence-corrected chi connectivity index (χ0v) is 13.9. The number of hydrogen-bond acceptors (Lipinski definition) is 2. The van der Waals surface area contributed by atoms with Crippen LogP contribution in [0.5, 0.6) is 5.75 Å². The number of rotatable bonds is 6. The van der Waals surface area contributed by atoms with Crippen LogP contribution in [0.15, 0.2) is 42.5 Å². The predicted molar refractivity (Wildman–Crippen MR) is 90.7 cm³/mol. The molecular weight excluding hydrogens is 303 g/mol. The maximum absolute atomic E-state index is 12.4. The molecule has 2 aromatic rings. The van der Waals surface area contributed by atoms with Crippen molar-refractivity contribution >= 4 is 31.0 Å². The Morgan fingerprint density at radius 3 is 2.52 bits per heavy atom. The number of benzene rings is 2. The second kappa shape index (κ2) is 7.59. The molecule has 0 saturated carbocycles. The summed E-state index contributed by atoms with van der Waals surface area (Å²) in [5, 5.41) is 1.51. The van der Waals surface area contributed by atoms with Crippen LogP contribution in [0.2, 0.25) is 5.02 Å². The normalized spacial score (nSPS) is 11.0. The Labute approximate surface area is 132 Å². The quantitative estimate of drug-likeness (QED) is 0.728. The van der Waals surface area contributed by atoms with Crippen LogP contribution in [0.3, 0.4) is 0 Å². The number of carbonyl (C=O) groups is 1. The smallest absolute Gasteiger partial charge is 0.187 e. The van der Waals surface area contributed by atoms with E-state index >= 15 is 0 Å². The van der Waals surface area contributed by atoms with E-state index in [0.717, 1.165) is 23.0 Å². The highest BCUT2D eigenvalue weighted by Gasteiger charge is 2.13. The zero-order chi connectivity index (χ0) is 15.2. The van der Waals surface area contributed by atoms with Gasteiger partial charge < -0.3 is 4.74 Å². The number of ether oxygens (including phenoxy) is 1. The molecule has 1 unspecified atom stereocenters. The van der Waals surface area contributed by atoms with Gasteiger partial charge in [-0.15, -0.1) is 0 Å². The van der Waals surface area contributed by atoms with Crippen molar-refractivity contribution in [3.05, 3.63) is 58.6 Å². The van der Waals surface area contributed by atoms with Gasteiger partial charge in [-0.1, -0.05) is 42.8 Å². The summed E-state index contributed by atoms with van der Waals surface area (Å²) in [4.78, 5) is 12.4. The summed E-state index contributed by atoms with van der Waals surface area (Å²) in [5.41, 5.74) is 1.62. The van der Waals surface area contributed by atoms with Gasteiger partial charge in [-0.25, -0.2) is 0 Å². The first-order valence-electron chi connectivity index (χ1n) is 6.91. The standard InChI is InChI=1S/C17H18ClO2P/c1-3-11-20-13-7-9-14(10-8-13)21-17(19)16-12(2)5-4-6-15(16)18/h4-10,21H,3,11H2,1-2H3. The Hall–Kier alpha value is -1.37. The van der Waals surface area contributed by atoms with E-state index in [0.29, 0.717) is 17.2 Å². The predicted octanol–water partition coefficient (Wildman–Crippen LogP) is 4.58. The van der Waals surface area contributed by atoms with Crippen LogP contribution in [-0.4, -0.2) is 12.1 Å². The summed E-state index contributed by atoms with van der Waals surface area (Å²) in [6, 6.07) is 13.2. The largest absolute Gasteiger partial charge is 0.494 e. The lowest BCUT2D eigenvalue weighted by atomic mass is 10.1. The second-order valence-corrected chi connectivity index (χ2v) is 6.45. The lowest BCUT2D eigenvalue weighted by molar-refractivity contribution is 0.108. The summed E-state index contributed by atoms with van der Waals surface area (Å²) in [6.07, 6.45) is 0.980. The molecule has 0 aliphatic carbocycles. The number of aryl methyl sites for hydroxylation is 1. The van der Waals surface area contributed by atoms with Crippen molar-refractivity contribution in [2.24, 2.45) is 0 Å². The Balaban J connectivity index is 2.09. The third-order valence-electron chi connectivity index (χ3n) is 3.03. The van der Waals surface area contributed by atoms with Crippen molar-refractivity contribution in [2.45, 2.75) is 20.3 Å². The molecule has 2 nitrogen and oxygen atoms in total. The van der Waals surface area contributed by atoms with Crippen LogP contribution < -0.4 is 10.0 Å². The van der Waals surface area contributed by atoms with Gasteiger partial charge in [-0.2, -0.15) is 0 Å². The molecule has 110 valence electrons. The fraction of sp³-hybridized carbons (Fsp3) is 0.235. The molecule has 0 spiro atoms. The molecule has 0 fully saturated rings. The molecular formula is C17H18ClO2P. The topological polar surface area (TPSA) is 26.3 Å². The third kappa shape index (κ3) is 4.30. The highest BCUT2D eigenvalue weighted by atomic mass is 35.5. The maximum atomic E-state index is 12.4. The highest BCUT2D eigenvalue weighted by Crippen LogP contribution is 2.27. The molecule has 0 heterocycles. The van der Waals surface area contributed by atoms with E-state index in [1.54, 1.807) is 6.07 Å². The van der Waals surface area contributed by atoms with E-state index in [1.807, 2.05) is 43.3 Å². The Bertz CT molecular complexity index is 603. The van der Waals surface area contributed by atoms with Crippen molar-refractivity contribution in [3.63, 3.8) is 0 Å². The average Bonchev–Trinajstić information content (AvgIpc) is 2.46. The van der Waals surface area contributed by atoms with E-state index in [9.17, 15) is 4.79 Å². The van der Waals surface area contributed by atoms with Crippen LogP contribution in [-0.2, 0) is 0 Å². The third-order valence-corrected chi connectivity index (χ3v) is 4.45. The molecule has 0 amide bonds. The van der Waals surface area contributed by atoms with Crippen LogP contribution in [0, 0.1) is 6.92 Å². The summed E-state index contributed by atoms with van der Waals surface area (Å²) in [6.45, 7) is 4.69. The highest BCUT2D eigenvalue weighted by molar-refractivity contribution is 7.66. The fourth-order valence-corrected chi connectivity index (χ4v) is 3.41. The molecule has 0 saturated heterocycles. The van der Waals surface area contributed by atoms with Gasteiger partial charge in [0, 0.05) is 5.56 Å². The number of hydrogen-bond donors (Lipinski definition) is 0. The minimum Gasteiger partial charge on any atom is -0.494 e. The summed E-state index contributed by atoms with van der Waals surface area (Å²) in [7, 11) is 0.0683. The lowest BCUT2D eigenvalue weighted by Crippen LogP contribution is -2.04. The van der Waals surface area contributed by atoms with E-state index in [2.05, 4.69) is 6.92 Å². The Morgan fingerprint density at radius 2 is 1.90 bits per heavy atom. The van der Waals surface area contributed by atoms with Gasteiger partial charge in [0.2, 0.25) is 0 Å². The van der Waals surface area contributed by atoms with Crippen molar-refractivity contribution in [3.8, 4) is 5.75 Å². The summed E-state index contributed by atoms with van der Waals surface area (Å²) < 4.78 is 5.54.